The first-order valence-corrected chi connectivity index (χ1v) is 10.4. The zero-order chi connectivity index (χ0) is 20.1. The average molecular weight is 405 g/mol. The number of halogens is 1. The van der Waals surface area contributed by atoms with Crippen LogP contribution in [-0.4, -0.2) is 33.3 Å². The van der Waals surface area contributed by atoms with Crippen LogP contribution in [0.4, 0.5) is 4.39 Å². The van der Waals surface area contributed by atoms with Gasteiger partial charge in [-0.2, -0.15) is 4.72 Å². The molecule has 2 aromatic rings. The summed E-state index contributed by atoms with van der Waals surface area (Å²) in [7, 11) is -3.87. The summed E-state index contributed by atoms with van der Waals surface area (Å²) in [5, 5.41) is 0. The van der Waals surface area contributed by atoms with Crippen LogP contribution in [0.5, 0.6) is 0 Å². The van der Waals surface area contributed by atoms with Crippen molar-refractivity contribution in [3.63, 3.8) is 0 Å². The maximum absolute atomic E-state index is 13.1. The summed E-state index contributed by atoms with van der Waals surface area (Å²) in [4.78, 5) is 23.8. The van der Waals surface area contributed by atoms with E-state index in [1.165, 1.54) is 24.3 Å². The summed E-state index contributed by atoms with van der Waals surface area (Å²) >= 11 is 0. The number of carbonyl (C=O) groups excluding carboxylic acids is 2. The number of hydrogen-bond donors (Lipinski definition) is 1. The van der Waals surface area contributed by atoms with E-state index in [9.17, 15) is 22.4 Å². The average Bonchev–Trinajstić information content (AvgIpc) is 2.70. The van der Waals surface area contributed by atoms with E-state index in [2.05, 4.69) is 4.72 Å². The Hall–Kier alpha value is -2.58. The Balaban J connectivity index is 1.54. The highest BCUT2D eigenvalue weighted by Crippen LogP contribution is 2.23. The van der Waals surface area contributed by atoms with Crippen LogP contribution in [0.2, 0.25) is 0 Å². The largest absolute Gasteiger partial charge is 0.456 e. The second kappa shape index (κ2) is 8.62. The Morgan fingerprint density at radius 2 is 1.79 bits per heavy atom. The van der Waals surface area contributed by atoms with Gasteiger partial charge in [0, 0.05) is 5.56 Å². The molecular formula is C20H20FNO5S. The zero-order valence-electron chi connectivity index (χ0n) is 15.1. The standard InChI is InChI=1S/C20H20FNO5S/c21-17-7-3-6-16(10-17)19(23)13-27-20(24)12-22-28(25,26)18-9-8-14-4-1-2-5-15(14)11-18/h3,6-11,22H,1-2,4-5,12-13H2. The van der Waals surface area contributed by atoms with Gasteiger partial charge in [0.15, 0.2) is 12.4 Å². The van der Waals surface area contributed by atoms with Crippen LogP contribution in [0.25, 0.3) is 0 Å². The summed E-state index contributed by atoms with van der Waals surface area (Å²) in [6, 6.07) is 9.96. The lowest BCUT2D eigenvalue weighted by atomic mass is 9.92. The predicted octanol–water partition coefficient (Wildman–Crippen LogP) is 2.41. The third-order valence-corrected chi connectivity index (χ3v) is 5.95. The molecule has 0 aromatic heterocycles. The van der Waals surface area contributed by atoms with Gasteiger partial charge in [-0.25, -0.2) is 12.8 Å². The number of ether oxygens (including phenoxy) is 1. The molecule has 0 unspecified atom stereocenters. The summed E-state index contributed by atoms with van der Waals surface area (Å²) in [6.45, 7) is -1.20. The molecule has 1 aliphatic rings. The molecular weight excluding hydrogens is 385 g/mol. The molecule has 6 nitrogen and oxygen atoms in total. The van der Waals surface area contributed by atoms with Crippen molar-refractivity contribution in [1.29, 1.82) is 0 Å². The zero-order valence-corrected chi connectivity index (χ0v) is 15.9. The molecule has 0 atom stereocenters. The molecule has 0 saturated carbocycles. The molecule has 0 spiro atoms. The Labute approximate surface area is 162 Å². The Morgan fingerprint density at radius 3 is 2.54 bits per heavy atom. The van der Waals surface area contributed by atoms with Crippen LogP contribution in [-0.2, 0) is 32.4 Å². The highest BCUT2D eigenvalue weighted by Gasteiger charge is 2.19. The smallest absolute Gasteiger partial charge is 0.321 e. The van der Waals surface area contributed by atoms with E-state index in [0.29, 0.717) is 0 Å². The third kappa shape index (κ3) is 5.02. The SMILES string of the molecule is O=C(CNS(=O)(=O)c1ccc2c(c1)CCCC2)OCC(=O)c1cccc(F)c1. The fourth-order valence-electron chi connectivity index (χ4n) is 3.06. The molecule has 8 heteroatoms. The number of ketones is 1. The first-order chi connectivity index (χ1) is 13.3. The number of carbonyl (C=O) groups is 2. The Bertz CT molecular complexity index is 1000. The highest BCUT2D eigenvalue weighted by molar-refractivity contribution is 7.89. The first-order valence-electron chi connectivity index (χ1n) is 8.91. The molecule has 1 N–H and O–H groups in total. The molecule has 1 aliphatic carbocycles. The van der Waals surface area contributed by atoms with Gasteiger partial charge in [-0.1, -0.05) is 18.2 Å². The van der Waals surface area contributed by atoms with Crippen LogP contribution in [0, 0.1) is 5.82 Å². The van der Waals surface area contributed by atoms with Crippen LogP contribution in [0.1, 0.15) is 34.3 Å². The third-order valence-electron chi connectivity index (χ3n) is 4.55. The number of aryl methyl sites for hydroxylation is 2. The molecule has 0 fully saturated rings. The topological polar surface area (TPSA) is 89.5 Å². The van der Waals surface area contributed by atoms with Gasteiger partial charge in [-0.15, -0.1) is 0 Å². The van der Waals surface area contributed by atoms with Crippen molar-refractivity contribution in [3.8, 4) is 0 Å². The fraction of sp³-hybridized carbons (Fsp3) is 0.300. The molecule has 0 bridgehead atoms. The monoisotopic (exact) mass is 405 g/mol. The second-order valence-corrected chi connectivity index (χ2v) is 8.32. The van der Waals surface area contributed by atoms with Gasteiger partial charge in [0.1, 0.15) is 12.4 Å². The van der Waals surface area contributed by atoms with Crippen molar-refractivity contribution in [3.05, 3.63) is 65.0 Å². The molecule has 0 saturated heterocycles. The summed E-state index contributed by atoms with van der Waals surface area (Å²) < 4.78 is 44.9. The van der Waals surface area contributed by atoms with E-state index in [1.807, 2.05) is 0 Å². The predicted molar refractivity (Wildman–Crippen MR) is 100.0 cm³/mol. The lowest BCUT2D eigenvalue weighted by molar-refractivity contribution is -0.141. The maximum atomic E-state index is 13.1. The van der Waals surface area contributed by atoms with Gasteiger partial charge in [-0.05, 0) is 61.1 Å². The molecule has 148 valence electrons. The molecule has 0 aliphatic heterocycles. The van der Waals surface area contributed by atoms with Crippen LogP contribution < -0.4 is 4.72 Å². The number of fused-ring (bicyclic) bond motifs is 1. The number of hydrogen-bond acceptors (Lipinski definition) is 5. The number of Topliss-reactive ketones (excluding diaryl/α,β-unsaturated/α-hetero) is 1. The van der Waals surface area contributed by atoms with E-state index in [-0.39, 0.29) is 10.5 Å². The summed E-state index contributed by atoms with van der Waals surface area (Å²) in [5.74, 6) is -2.05. The van der Waals surface area contributed by atoms with E-state index >= 15 is 0 Å². The Kier molecular flexibility index (Phi) is 6.21. The van der Waals surface area contributed by atoms with Crippen molar-refractivity contribution in [1.82, 2.24) is 4.72 Å². The first kappa shape index (κ1) is 20.2. The van der Waals surface area contributed by atoms with Crippen molar-refractivity contribution in [2.75, 3.05) is 13.2 Å². The summed E-state index contributed by atoms with van der Waals surface area (Å²) in [6.07, 6.45) is 3.89. The van der Waals surface area contributed by atoms with Crippen LogP contribution in [0.3, 0.4) is 0 Å². The normalized spacial score (nSPS) is 13.6. The Morgan fingerprint density at radius 1 is 1.04 bits per heavy atom. The van der Waals surface area contributed by atoms with Crippen LogP contribution >= 0.6 is 0 Å². The van der Waals surface area contributed by atoms with E-state index < -0.39 is 40.7 Å². The van der Waals surface area contributed by atoms with Crippen molar-refractivity contribution >= 4 is 21.8 Å². The van der Waals surface area contributed by atoms with Gasteiger partial charge in [0.25, 0.3) is 0 Å². The molecule has 3 rings (SSSR count). The van der Waals surface area contributed by atoms with Gasteiger partial charge in [-0.3, -0.25) is 9.59 Å². The van der Waals surface area contributed by atoms with Gasteiger partial charge in [0.05, 0.1) is 4.90 Å². The fourth-order valence-corrected chi connectivity index (χ4v) is 4.08. The molecule has 0 amide bonds. The second-order valence-electron chi connectivity index (χ2n) is 6.56. The number of rotatable bonds is 7. The minimum Gasteiger partial charge on any atom is -0.456 e. The number of sulfonamides is 1. The van der Waals surface area contributed by atoms with Gasteiger partial charge in [0.2, 0.25) is 10.0 Å². The minimum atomic E-state index is -3.87. The minimum absolute atomic E-state index is 0.0717. The molecule has 0 radical (unpaired) electrons. The van der Waals surface area contributed by atoms with Gasteiger partial charge >= 0.3 is 5.97 Å². The van der Waals surface area contributed by atoms with E-state index in [0.717, 1.165) is 42.9 Å². The molecule has 2 aromatic carbocycles. The lowest BCUT2D eigenvalue weighted by Crippen LogP contribution is -2.31. The number of esters is 1. The molecule has 0 heterocycles. The highest BCUT2D eigenvalue weighted by atomic mass is 32.2. The van der Waals surface area contributed by atoms with Gasteiger partial charge < -0.3 is 4.74 Å². The quantitative estimate of drug-likeness (QED) is 0.564. The van der Waals surface area contributed by atoms with Crippen molar-refractivity contribution in [2.45, 2.75) is 30.6 Å². The number of nitrogens with one attached hydrogen (secondary N) is 1. The van der Waals surface area contributed by atoms with Crippen molar-refractivity contribution < 1.29 is 27.1 Å². The lowest BCUT2D eigenvalue weighted by Gasteiger charge is -2.16. The van der Waals surface area contributed by atoms with Crippen molar-refractivity contribution in [2.24, 2.45) is 0 Å². The molecule has 28 heavy (non-hydrogen) atoms. The van der Waals surface area contributed by atoms with Crippen LogP contribution in [0.15, 0.2) is 47.4 Å². The number of benzene rings is 2. The van der Waals surface area contributed by atoms with E-state index in [4.69, 9.17) is 4.74 Å². The maximum Gasteiger partial charge on any atom is 0.321 e. The van der Waals surface area contributed by atoms with E-state index in [1.54, 1.807) is 12.1 Å². The summed E-state index contributed by atoms with van der Waals surface area (Å²) in [5.41, 5.74) is 2.24.